The van der Waals surface area contributed by atoms with Gasteiger partial charge < -0.3 is 15.1 Å². The molecule has 1 aliphatic carbocycles. The predicted octanol–water partition coefficient (Wildman–Crippen LogP) is 3.45. The molecule has 5 nitrogen and oxygen atoms in total. The SMILES string of the molecule is CN=C(NCC(c1ccc(C)o1)N1CCCC1)NC1CCCC1.I. The second kappa shape index (κ2) is 9.65. The van der Waals surface area contributed by atoms with Crippen LogP contribution < -0.4 is 10.6 Å². The molecule has 24 heavy (non-hydrogen) atoms. The van der Waals surface area contributed by atoms with Gasteiger partial charge in [0.1, 0.15) is 11.5 Å². The number of likely N-dealkylation sites (tertiary alicyclic amines) is 1. The molecular weight excluding hydrogens is 415 g/mol. The maximum absolute atomic E-state index is 5.92. The summed E-state index contributed by atoms with van der Waals surface area (Å²) >= 11 is 0. The van der Waals surface area contributed by atoms with E-state index in [1.54, 1.807) is 0 Å². The van der Waals surface area contributed by atoms with E-state index in [2.05, 4.69) is 32.7 Å². The van der Waals surface area contributed by atoms with E-state index >= 15 is 0 Å². The fourth-order valence-electron chi connectivity index (χ4n) is 3.75. The van der Waals surface area contributed by atoms with Crippen LogP contribution in [-0.4, -0.2) is 43.6 Å². The van der Waals surface area contributed by atoms with E-state index in [0.717, 1.165) is 37.1 Å². The number of guanidine groups is 1. The van der Waals surface area contributed by atoms with Crippen LogP contribution in [0.25, 0.3) is 0 Å². The van der Waals surface area contributed by atoms with Gasteiger partial charge in [0.2, 0.25) is 0 Å². The lowest BCUT2D eigenvalue weighted by Crippen LogP contribution is -2.45. The van der Waals surface area contributed by atoms with Gasteiger partial charge in [-0.25, -0.2) is 0 Å². The van der Waals surface area contributed by atoms with Gasteiger partial charge in [0.05, 0.1) is 6.04 Å². The van der Waals surface area contributed by atoms with Crippen molar-refractivity contribution in [2.75, 3.05) is 26.7 Å². The summed E-state index contributed by atoms with van der Waals surface area (Å²) in [5, 5.41) is 7.08. The van der Waals surface area contributed by atoms with Crippen molar-refractivity contribution in [1.82, 2.24) is 15.5 Å². The summed E-state index contributed by atoms with van der Waals surface area (Å²) in [5.74, 6) is 2.97. The lowest BCUT2D eigenvalue weighted by Gasteiger charge is -2.27. The molecule has 136 valence electrons. The highest BCUT2D eigenvalue weighted by atomic mass is 127. The molecule has 6 heteroatoms. The smallest absolute Gasteiger partial charge is 0.191 e. The van der Waals surface area contributed by atoms with Crippen molar-refractivity contribution in [3.05, 3.63) is 23.7 Å². The molecule has 1 saturated heterocycles. The third kappa shape index (κ3) is 5.12. The normalized spacial score (nSPS) is 20.8. The third-order valence-corrected chi connectivity index (χ3v) is 5.05. The fourth-order valence-corrected chi connectivity index (χ4v) is 3.75. The summed E-state index contributed by atoms with van der Waals surface area (Å²) in [7, 11) is 1.85. The second-order valence-corrected chi connectivity index (χ2v) is 6.79. The number of aryl methyl sites for hydroxylation is 1. The Morgan fingerprint density at radius 1 is 1.25 bits per heavy atom. The van der Waals surface area contributed by atoms with E-state index in [0.29, 0.717) is 6.04 Å². The quantitative estimate of drug-likeness (QED) is 0.414. The first kappa shape index (κ1) is 19.6. The summed E-state index contributed by atoms with van der Waals surface area (Å²) in [6, 6.07) is 5.04. The van der Waals surface area contributed by atoms with Crippen LogP contribution in [0.1, 0.15) is 56.1 Å². The Bertz CT molecular complexity index is 519. The number of halogens is 1. The number of rotatable bonds is 5. The molecule has 0 bridgehead atoms. The predicted molar refractivity (Wildman–Crippen MR) is 109 cm³/mol. The van der Waals surface area contributed by atoms with Gasteiger partial charge in [0.25, 0.3) is 0 Å². The zero-order chi connectivity index (χ0) is 16.1. The standard InChI is InChI=1S/C18H30N4O.HI/c1-14-9-10-17(23-14)16(22-11-5-6-12-22)13-20-18(19-2)21-15-7-3-4-8-15;/h9-10,15-16H,3-8,11-13H2,1-2H3,(H2,19,20,21);1H. The minimum absolute atomic E-state index is 0. The van der Waals surface area contributed by atoms with Gasteiger partial charge in [-0.3, -0.25) is 9.89 Å². The third-order valence-electron chi connectivity index (χ3n) is 5.05. The van der Waals surface area contributed by atoms with Crippen molar-refractivity contribution in [2.45, 2.75) is 57.5 Å². The topological polar surface area (TPSA) is 52.8 Å². The highest BCUT2D eigenvalue weighted by Crippen LogP contribution is 2.26. The molecule has 3 rings (SSSR count). The van der Waals surface area contributed by atoms with Crippen molar-refractivity contribution in [3.63, 3.8) is 0 Å². The van der Waals surface area contributed by atoms with Gasteiger partial charge in [-0.05, 0) is 57.8 Å². The van der Waals surface area contributed by atoms with E-state index in [4.69, 9.17) is 4.42 Å². The zero-order valence-electron chi connectivity index (χ0n) is 14.9. The van der Waals surface area contributed by atoms with E-state index in [9.17, 15) is 0 Å². The van der Waals surface area contributed by atoms with Crippen molar-refractivity contribution >= 4 is 29.9 Å². The summed E-state index contributed by atoms with van der Waals surface area (Å²) in [6.07, 6.45) is 7.74. The lowest BCUT2D eigenvalue weighted by atomic mass is 10.2. The van der Waals surface area contributed by atoms with Crippen molar-refractivity contribution in [1.29, 1.82) is 0 Å². The Kier molecular flexibility index (Phi) is 7.87. The van der Waals surface area contributed by atoms with Crippen molar-refractivity contribution < 1.29 is 4.42 Å². The molecule has 1 unspecified atom stereocenters. The molecule has 1 saturated carbocycles. The second-order valence-electron chi connectivity index (χ2n) is 6.79. The molecule has 2 aliphatic rings. The number of hydrogen-bond acceptors (Lipinski definition) is 3. The maximum atomic E-state index is 5.92. The zero-order valence-corrected chi connectivity index (χ0v) is 17.2. The van der Waals surface area contributed by atoms with Crippen LogP contribution in [0.15, 0.2) is 21.5 Å². The van der Waals surface area contributed by atoms with E-state index < -0.39 is 0 Å². The van der Waals surface area contributed by atoms with Crippen LogP contribution in [0.2, 0.25) is 0 Å². The minimum atomic E-state index is 0. The van der Waals surface area contributed by atoms with E-state index in [1.807, 2.05) is 14.0 Å². The molecule has 0 spiro atoms. The number of furan rings is 1. The lowest BCUT2D eigenvalue weighted by molar-refractivity contribution is 0.213. The summed E-state index contributed by atoms with van der Waals surface area (Å²) < 4.78 is 5.92. The molecule has 2 heterocycles. The molecule has 1 aromatic rings. The number of nitrogens with zero attached hydrogens (tertiary/aromatic N) is 2. The van der Waals surface area contributed by atoms with E-state index in [-0.39, 0.29) is 30.0 Å². The van der Waals surface area contributed by atoms with Crippen LogP contribution in [0, 0.1) is 6.92 Å². The highest BCUT2D eigenvalue weighted by Gasteiger charge is 2.26. The van der Waals surface area contributed by atoms with Gasteiger partial charge in [-0.1, -0.05) is 12.8 Å². The van der Waals surface area contributed by atoms with E-state index in [1.165, 1.54) is 38.5 Å². The first-order valence-corrected chi connectivity index (χ1v) is 9.04. The molecule has 0 aromatic carbocycles. The molecule has 0 amide bonds. The summed E-state index contributed by atoms with van der Waals surface area (Å²) in [6.45, 7) is 5.15. The van der Waals surface area contributed by atoms with Crippen LogP contribution in [0.4, 0.5) is 0 Å². The maximum Gasteiger partial charge on any atom is 0.191 e. The Morgan fingerprint density at radius 3 is 2.54 bits per heavy atom. The summed E-state index contributed by atoms with van der Waals surface area (Å²) in [4.78, 5) is 6.92. The Labute approximate surface area is 162 Å². The Morgan fingerprint density at radius 2 is 1.96 bits per heavy atom. The van der Waals surface area contributed by atoms with Crippen molar-refractivity contribution in [2.24, 2.45) is 4.99 Å². The van der Waals surface area contributed by atoms with Crippen LogP contribution in [0.3, 0.4) is 0 Å². The minimum Gasteiger partial charge on any atom is -0.465 e. The molecule has 1 atom stereocenters. The Hall–Kier alpha value is -0.760. The number of hydrogen-bond donors (Lipinski definition) is 2. The Balaban J connectivity index is 0.00000208. The van der Waals surface area contributed by atoms with Gasteiger partial charge in [-0.2, -0.15) is 0 Å². The average molecular weight is 446 g/mol. The molecular formula is C18H31IN4O. The number of aliphatic imine (C=N–C) groups is 1. The van der Waals surface area contributed by atoms with Crippen LogP contribution in [0.5, 0.6) is 0 Å². The summed E-state index contributed by atoms with van der Waals surface area (Å²) in [5.41, 5.74) is 0. The fraction of sp³-hybridized carbons (Fsp3) is 0.722. The van der Waals surface area contributed by atoms with Crippen LogP contribution >= 0.6 is 24.0 Å². The molecule has 0 radical (unpaired) electrons. The van der Waals surface area contributed by atoms with Gasteiger partial charge in [0, 0.05) is 19.6 Å². The first-order valence-electron chi connectivity index (χ1n) is 9.04. The molecule has 2 fully saturated rings. The molecule has 1 aliphatic heterocycles. The highest BCUT2D eigenvalue weighted by molar-refractivity contribution is 14.0. The first-order chi connectivity index (χ1) is 11.3. The monoisotopic (exact) mass is 446 g/mol. The number of nitrogens with one attached hydrogen (secondary N) is 2. The van der Waals surface area contributed by atoms with Gasteiger partial charge >= 0.3 is 0 Å². The largest absolute Gasteiger partial charge is 0.465 e. The van der Waals surface area contributed by atoms with Gasteiger partial charge in [0.15, 0.2) is 5.96 Å². The molecule has 2 N–H and O–H groups in total. The van der Waals surface area contributed by atoms with Crippen LogP contribution in [-0.2, 0) is 0 Å². The van der Waals surface area contributed by atoms with Crippen molar-refractivity contribution in [3.8, 4) is 0 Å². The average Bonchev–Trinajstić information content (AvgIpc) is 3.29. The van der Waals surface area contributed by atoms with Gasteiger partial charge in [-0.15, -0.1) is 24.0 Å². The molecule has 1 aromatic heterocycles.